The Hall–Kier alpha value is -4.92. The maximum Gasteiger partial charge on any atom is 0.338 e. The third-order valence-corrected chi connectivity index (χ3v) is 11.2. The molecule has 1 saturated heterocycles. The van der Waals surface area contributed by atoms with Crippen LogP contribution in [0.15, 0.2) is 48.2 Å². The number of carboxylic acids is 1. The summed E-state index contributed by atoms with van der Waals surface area (Å²) in [6, 6.07) is 4.30. The number of aryl methyl sites for hydroxylation is 2. The molecule has 0 radical (unpaired) electrons. The second kappa shape index (κ2) is 15.6. The van der Waals surface area contributed by atoms with Crippen molar-refractivity contribution in [3.8, 4) is 17.1 Å². The first-order valence-corrected chi connectivity index (χ1v) is 18.5. The third-order valence-electron chi connectivity index (χ3n) is 11.2. The van der Waals surface area contributed by atoms with E-state index in [1.807, 2.05) is 11.0 Å². The van der Waals surface area contributed by atoms with Gasteiger partial charge in [0.25, 0.3) is 6.43 Å². The van der Waals surface area contributed by atoms with Crippen LogP contribution in [0.25, 0.3) is 11.1 Å². The van der Waals surface area contributed by atoms with Crippen molar-refractivity contribution >= 4 is 23.4 Å². The Labute approximate surface area is 307 Å². The number of ether oxygens (including phenoxy) is 1. The molecule has 0 spiro atoms. The second-order valence-corrected chi connectivity index (χ2v) is 14.6. The van der Waals surface area contributed by atoms with E-state index in [1.54, 1.807) is 42.0 Å². The van der Waals surface area contributed by atoms with E-state index in [4.69, 9.17) is 9.84 Å². The fourth-order valence-corrected chi connectivity index (χ4v) is 8.27. The van der Waals surface area contributed by atoms with Gasteiger partial charge in [0, 0.05) is 105 Å². The lowest BCUT2D eigenvalue weighted by atomic mass is 9.88. The van der Waals surface area contributed by atoms with Gasteiger partial charge in [-0.1, -0.05) is 0 Å². The maximum absolute atomic E-state index is 14.5. The zero-order valence-corrected chi connectivity index (χ0v) is 30.2. The van der Waals surface area contributed by atoms with Gasteiger partial charge in [0.05, 0.1) is 18.3 Å². The predicted molar refractivity (Wildman–Crippen MR) is 194 cm³/mol. The zero-order chi connectivity index (χ0) is 37.2. The first-order chi connectivity index (χ1) is 25.5. The van der Waals surface area contributed by atoms with Crippen molar-refractivity contribution in [3.05, 3.63) is 64.9 Å². The Kier molecular flexibility index (Phi) is 10.7. The van der Waals surface area contributed by atoms with Gasteiger partial charge >= 0.3 is 12.0 Å². The van der Waals surface area contributed by atoms with Crippen LogP contribution in [0.1, 0.15) is 86.2 Å². The lowest BCUT2D eigenvalue weighted by Crippen LogP contribution is -2.48. The molecule has 2 aromatic heterocycles. The fraction of sp³-hybridized carbons (Fsp3) is 0.526. The van der Waals surface area contributed by atoms with E-state index in [-0.39, 0.29) is 41.0 Å². The van der Waals surface area contributed by atoms with E-state index >= 15 is 0 Å². The number of carbonyl (C=O) groups excluding carboxylic acids is 1. The number of likely N-dealkylation sites (tertiary alicyclic amines) is 1. The number of aromatic nitrogens is 4. The van der Waals surface area contributed by atoms with E-state index in [2.05, 4.69) is 25.3 Å². The molecule has 1 saturated carbocycles. The summed E-state index contributed by atoms with van der Waals surface area (Å²) in [6.07, 6.45) is 11.0. The monoisotopic (exact) mass is 731 g/mol. The molecule has 0 atom stereocenters. The largest absolute Gasteiger partial charge is 0.478 e. The molecule has 282 valence electrons. The first-order valence-electron chi connectivity index (χ1n) is 18.5. The van der Waals surface area contributed by atoms with Gasteiger partial charge < -0.3 is 29.9 Å². The number of carbonyl (C=O) groups is 2. The molecule has 5 heterocycles. The van der Waals surface area contributed by atoms with Gasteiger partial charge in [-0.2, -0.15) is 5.10 Å². The molecule has 53 heavy (non-hydrogen) atoms. The average Bonchev–Trinajstić information content (AvgIpc) is 3.60. The van der Waals surface area contributed by atoms with Gasteiger partial charge in [-0.25, -0.2) is 23.5 Å². The van der Waals surface area contributed by atoms with Crippen LogP contribution in [-0.2, 0) is 18.3 Å². The van der Waals surface area contributed by atoms with Crippen molar-refractivity contribution in [2.24, 2.45) is 7.05 Å². The van der Waals surface area contributed by atoms with Gasteiger partial charge in [0.1, 0.15) is 11.9 Å². The van der Waals surface area contributed by atoms with Crippen molar-refractivity contribution in [3.63, 3.8) is 0 Å². The Morgan fingerprint density at radius 1 is 1.00 bits per heavy atom. The Balaban J connectivity index is 1.01. The highest BCUT2D eigenvalue weighted by molar-refractivity contribution is 6.09. The molecular weight excluding hydrogens is 684 g/mol. The number of alkyl halides is 2. The summed E-state index contributed by atoms with van der Waals surface area (Å²) in [7, 11) is 1.76. The Morgan fingerprint density at radius 3 is 2.38 bits per heavy atom. The number of halogens is 2. The van der Waals surface area contributed by atoms with E-state index in [0.29, 0.717) is 48.9 Å². The van der Waals surface area contributed by atoms with Crippen LogP contribution in [0.4, 0.5) is 14.5 Å². The van der Waals surface area contributed by atoms with Gasteiger partial charge in [-0.15, -0.1) is 0 Å². The molecule has 3 aromatic rings. The van der Waals surface area contributed by atoms with Gasteiger partial charge in [-0.3, -0.25) is 14.9 Å². The first kappa shape index (κ1) is 36.4. The van der Waals surface area contributed by atoms with Crippen molar-refractivity contribution < 1.29 is 28.2 Å². The zero-order valence-electron chi connectivity index (χ0n) is 30.2. The van der Waals surface area contributed by atoms with E-state index in [1.165, 1.54) is 12.4 Å². The second-order valence-electron chi connectivity index (χ2n) is 14.6. The van der Waals surface area contributed by atoms with Crippen LogP contribution in [0, 0.1) is 5.41 Å². The molecule has 0 unspecified atom stereocenters. The number of fused-ring (bicyclic) bond motifs is 1. The number of nitrogens with one attached hydrogen (secondary N) is 2. The number of aromatic carboxylic acids is 1. The fourth-order valence-electron chi connectivity index (χ4n) is 8.27. The van der Waals surface area contributed by atoms with Crippen LogP contribution in [0.3, 0.4) is 0 Å². The van der Waals surface area contributed by atoms with Crippen molar-refractivity contribution in [1.29, 1.82) is 5.41 Å². The van der Waals surface area contributed by atoms with Gasteiger partial charge in [0.15, 0.2) is 0 Å². The number of anilines is 1. The SMILES string of the molecule is CC(=O)N1CCC(NC2CCC(N3CCC(Oc4ncc(C(=O)O)cn4)CC3)CC2)=C(C(=N)N2CCCc3cc(-c4cnn(C)c4)c(C(F)F)cc32)C1. The quantitative estimate of drug-likeness (QED) is 0.198. The number of nitrogens with zero attached hydrogens (tertiary/aromatic N) is 7. The maximum atomic E-state index is 14.5. The molecular formula is C38H47F2N9O4. The van der Waals surface area contributed by atoms with Crippen LogP contribution >= 0.6 is 0 Å². The number of amidine groups is 1. The van der Waals surface area contributed by atoms with Gasteiger partial charge in [0.2, 0.25) is 5.91 Å². The summed E-state index contributed by atoms with van der Waals surface area (Å²) in [5, 5.41) is 26.6. The van der Waals surface area contributed by atoms with Crippen LogP contribution < -0.4 is 15.0 Å². The minimum absolute atomic E-state index is 0.0153. The summed E-state index contributed by atoms with van der Waals surface area (Å²) in [5.41, 5.74) is 4.34. The highest BCUT2D eigenvalue weighted by Crippen LogP contribution is 2.40. The number of piperidine rings is 1. The highest BCUT2D eigenvalue weighted by atomic mass is 19.3. The summed E-state index contributed by atoms with van der Waals surface area (Å²) in [5.74, 6) is -0.860. The molecule has 13 nitrogen and oxygen atoms in total. The lowest BCUT2D eigenvalue weighted by Gasteiger charge is -2.42. The molecule has 0 bridgehead atoms. The number of carboxylic acid groups (broad SMARTS) is 1. The molecule has 7 rings (SSSR count). The standard InChI is InChI=1S/C38H47F2N9O4/c1-23(50)48-15-11-33(45-27-5-7-28(8-6-27)47-13-9-29(10-14-47)53-38-42-18-25(19-43-38)37(51)52)32(22-48)36(41)49-12-3-4-24-16-30(26-20-44-46(2)21-26)31(35(39)40)17-34(24)49/h16-21,27-29,35,41,45H,3-15,22H2,1-2H3,(H,51,52). The highest BCUT2D eigenvalue weighted by Gasteiger charge is 2.34. The molecule has 3 aliphatic heterocycles. The van der Waals surface area contributed by atoms with Crippen LogP contribution in [-0.4, -0.2) is 103 Å². The van der Waals surface area contributed by atoms with E-state index in [9.17, 15) is 23.8 Å². The molecule has 1 aromatic carbocycles. The van der Waals surface area contributed by atoms with Gasteiger partial charge in [-0.05, 0) is 74.6 Å². The number of hydrogen-bond donors (Lipinski definition) is 3. The lowest BCUT2D eigenvalue weighted by molar-refractivity contribution is -0.128. The number of amides is 1. The number of hydrogen-bond acceptors (Lipinski definition) is 9. The Morgan fingerprint density at radius 2 is 1.74 bits per heavy atom. The third kappa shape index (κ3) is 8.04. The molecule has 1 amide bonds. The number of benzene rings is 1. The summed E-state index contributed by atoms with van der Waals surface area (Å²) >= 11 is 0. The topological polar surface area (TPSA) is 153 Å². The number of rotatable bonds is 9. The summed E-state index contributed by atoms with van der Waals surface area (Å²) < 4.78 is 36.6. The van der Waals surface area contributed by atoms with Crippen molar-refractivity contribution in [1.82, 2.24) is 34.9 Å². The molecule has 3 N–H and O–H groups in total. The molecule has 1 aliphatic carbocycles. The van der Waals surface area contributed by atoms with Crippen molar-refractivity contribution in [2.45, 2.75) is 89.3 Å². The Bertz CT molecular complexity index is 1860. The summed E-state index contributed by atoms with van der Waals surface area (Å²) in [6.45, 7) is 4.77. The average molecular weight is 732 g/mol. The summed E-state index contributed by atoms with van der Waals surface area (Å²) in [4.78, 5) is 37.9. The minimum atomic E-state index is -2.69. The van der Waals surface area contributed by atoms with E-state index in [0.717, 1.165) is 81.3 Å². The van der Waals surface area contributed by atoms with Crippen molar-refractivity contribution in [2.75, 3.05) is 37.6 Å². The predicted octanol–water partition coefficient (Wildman–Crippen LogP) is 5.19. The molecule has 2 fully saturated rings. The van der Waals surface area contributed by atoms with Crippen LogP contribution in [0.5, 0.6) is 6.01 Å². The minimum Gasteiger partial charge on any atom is -0.478 e. The molecule has 4 aliphatic rings. The molecule has 15 heteroatoms. The van der Waals surface area contributed by atoms with E-state index < -0.39 is 12.4 Å². The normalized spacial score (nSPS) is 21.5. The van der Waals surface area contributed by atoms with Crippen LogP contribution in [0.2, 0.25) is 0 Å². The smallest absolute Gasteiger partial charge is 0.338 e.